The highest BCUT2D eigenvalue weighted by Crippen LogP contribution is 2.18. The third-order valence-electron chi connectivity index (χ3n) is 3.24. The number of benzene rings is 2. The van der Waals surface area contributed by atoms with Gasteiger partial charge >= 0.3 is 0 Å². The number of nitrogens with one attached hydrogen (secondary N) is 1. The molecular weight excluding hydrogens is 310 g/mol. The van der Waals surface area contributed by atoms with Crippen molar-refractivity contribution in [3.8, 4) is 5.75 Å². The zero-order valence-corrected chi connectivity index (χ0v) is 13.3. The van der Waals surface area contributed by atoms with E-state index in [2.05, 4.69) is 5.32 Å². The first-order valence-corrected chi connectivity index (χ1v) is 7.45. The molecule has 2 aromatic carbocycles. The van der Waals surface area contributed by atoms with E-state index in [0.717, 1.165) is 5.69 Å². The van der Waals surface area contributed by atoms with Gasteiger partial charge in [0.15, 0.2) is 0 Å². The van der Waals surface area contributed by atoms with Crippen molar-refractivity contribution < 1.29 is 14.5 Å². The van der Waals surface area contributed by atoms with Crippen LogP contribution in [0.4, 0.5) is 11.4 Å². The standard InChI is InChI=1S/C17H19N3O4/c1-19(13-17(21)18-14-6-3-2-4-7-14)10-11-24-16-9-5-8-15(12-16)20(22)23/h2-9,12H,10-11,13H2,1H3,(H,18,21). The quantitative estimate of drug-likeness (QED) is 0.594. The fraction of sp³-hybridized carbons (Fsp3) is 0.235. The summed E-state index contributed by atoms with van der Waals surface area (Å²) in [4.78, 5) is 24.0. The number of likely N-dealkylation sites (N-methyl/N-ethyl adjacent to an activating group) is 1. The van der Waals surface area contributed by atoms with Crippen molar-refractivity contribution in [2.24, 2.45) is 0 Å². The minimum absolute atomic E-state index is 0.0110. The van der Waals surface area contributed by atoms with E-state index in [4.69, 9.17) is 4.74 Å². The van der Waals surface area contributed by atoms with Gasteiger partial charge in [0.05, 0.1) is 17.5 Å². The Morgan fingerprint density at radius 1 is 1.21 bits per heavy atom. The number of carbonyl (C=O) groups is 1. The van der Waals surface area contributed by atoms with Gasteiger partial charge in [-0.2, -0.15) is 0 Å². The normalized spacial score (nSPS) is 10.4. The van der Waals surface area contributed by atoms with Crippen molar-refractivity contribution in [3.63, 3.8) is 0 Å². The van der Waals surface area contributed by atoms with Gasteiger partial charge in [0.2, 0.25) is 5.91 Å². The van der Waals surface area contributed by atoms with Crippen molar-refractivity contribution >= 4 is 17.3 Å². The number of nitro groups is 1. The fourth-order valence-electron chi connectivity index (χ4n) is 2.05. The van der Waals surface area contributed by atoms with Crippen LogP contribution in [0.5, 0.6) is 5.75 Å². The predicted octanol–water partition coefficient (Wildman–Crippen LogP) is 2.54. The van der Waals surface area contributed by atoms with Gasteiger partial charge in [-0.3, -0.25) is 19.8 Å². The molecule has 0 unspecified atom stereocenters. The molecule has 0 spiro atoms. The number of nitro benzene ring substituents is 1. The molecule has 2 rings (SSSR count). The summed E-state index contributed by atoms with van der Waals surface area (Å²) < 4.78 is 5.49. The van der Waals surface area contributed by atoms with Gasteiger partial charge in [-0.25, -0.2) is 0 Å². The molecule has 0 aliphatic carbocycles. The molecule has 0 saturated heterocycles. The molecule has 0 fully saturated rings. The Hall–Kier alpha value is -2.93. The van der Waals surface area contributed by atoms with Crippen molar-refractivity contribution in [1.29, 1.82) is 0 Å². The first-order valence-electron chi connectivity index (χ1n) is 7.45. The van der Waals surface area contributed by atoms with Crippen LogP contribution in [-0.4, -0.2) is 42.5 Å². The number of rotatable bonds is 8. The van der Waals surface area contributed by atoms with E-state index in [1.807, 2.05) is 35.2 Å². The van der Waals surface area contributed by atoms with Crippen LogP contribution in [0.3, 0.4) is 0 Å². The number of amides is 1. The summed E-state index contributed by atoms with van der Waals surface area (Å²) in [6, 6.07) is 15.3. The summed E-state index contributed by atoms with van der Waals surface area (Å²) >= 11 is 0. The van der Waals surface area contributed by atoms with Crippen LogP contribution < -0.4 is 10.1 Å². The summed E-state index contributed by atoms with van der Waals surface area (Å²) in [5.74, 6) is 0.324. The van der Waals surface area contributed by atoms with Crippen LogP contribution in [0.15, 0.2) is 54.6 Å². The zero-order valence-electron chi connectivity index (χ0n) is 13.3. The first kappa shape index (κ1) is 17.4. The lowest BCUT2D eigenvalue weighted by atomic mass is 10.3. The van der Waals surface area contributed by atoms with E-state index < -0.39 is 4.92 Å². The smallest absolute Gasteiger partial charge is 0.273 e. The Morgan fingerprint density at radius 2 is 1.96 bits per heavy atom. The molecule has 2 aromatic rings. The second-order valence-electron chi connectivity index (χ2n) is 5.25. The van der Waals surface area contributed by atoms with E-state index in [-0.39, 0.29) is 18.1 Å². The average molecular weight is 329 g/mol. The number of para-hydroxylation sites is 1. The summed E-state index contributed by atoms with van der Waals surface area (Å²) in [5, 5.41) is 13.5. The second kappa shape index (κ2) is 8.64. The molecule has 7 heteroatoms. The van der Waals surface area contributed by atoms with Gasteiger partial charge in [-0.1, -0.05) is 24.3 Å². The number of anilines is 1. The Balaban J connectivity index is 1.73. The highest BCUT2D eigenvalue weighted by Gasteiger charge is 2.09. The Kier molecular flexibility index (Phi) is 6.27. The van der Waals surface area contributed by atoms with Gasteiger partial charge in [-0.05, 0) is 25.2 Å². The predicted molar refractivity (Wildman–Crippen MR) is 91.2 cm³/mol. The molecule has 0 aliphatic rings. The molecule has 1 amide bonds. The van der Waals surface area contributed by atoms with Crippen LogP contribution in [0.2, 0.25) is 0 Å². The lowest BCUT2D eigenvalue weighted by molar-refractivity contribution is -0.384. The number of nitrogens with zero attached hydrogens (tertiary/aromatic N) is 2. The fourth-order valence-corrected chi connectivity index (χ4v) is 2.05. The summed E-state index contributed by atoms with van der Waals surface area (Å²) in [5.41, 5.74) is 0.742. The third kappa shape index (κ3) is 5.69. The van der Waals surface area contributed by atoms with Gasteiger partial charge in [0.25, 0.3) is 5.69 Å². The SMILES string of the molecule is CN(CCOc1cccc([N+](=O)[O-])c1)CC(=O)Nc1ccccc1. The van der Waals surface area contributed by atoms with Crippen LogP contribution in [0.1, 0.15) is 0 Å². The van der Waals surface area contributed by atoms with E-state index in [1.165, 1.54) is 12.1 Å². The number of ether oxygens (including phenoxy) is 1. The van der Waals surface area contributed by atoms with E-state index >= 15 is 0 Å². The third-order valence-corrected chi connectivity index (χ3v) is 3.24. The maximum atomic E-state index is 11.9. The molecule has 0 aromatic heterocycles. The van der Waals surface area contributed by atoms with E-state index in [0.29, 0.717) is 18.9 Å². The minimum Gasteiger partial charge on any atom is -0.492 e. The molecule has 0 saturated carbocycles. The summed E-state index contributed by atoms with van der Waals surface area (Å²) in [6.07, 6.45) is 0. The monoisotopic (exact) mass is 329 g/mol. The largest absolute Gasteiger partial charge is 0.492 e. The lowest BCUT2D eigenvalue weighted by Gasteiger charge is -2.16. The number of non-ortho nitro benzene ring substituents is 1. The van der Waals surface area contributed by atoms with Crippen molar-refractivity contribution in [3.05, 3.63) is 64.7 Å². The maximum absolute atomic E-state index is 11.9. The zero-order chi connectivity index (χ0) is 17.4. The van der Waals surface area contributed by atoms with Gasteiger partial charge in [0.1, 0.15) is 12.4 Å². The number of hydrogen-bond acceptors (Lipinski definition) is 5. The summed E-state index contributed by atoms with van der Waals surface area (Å²) in [7, 11) is 1.81. The molecule has 126 valence electrons. The number of carbonyl (C=O) groups excluding carboxylic acids is 1. The highest BCUT2D eigenvalue weighted by molar-refractivity contribution is 5.92. The Morgan fingerprint density at radius 3 is 2.67 bits per heavy atom. The topological polar surface area (TPSA) is 84.7 Å². The molecule has 0 radical (unpaired) electrons. The van der Waals surface area contributed by atoms with Gasteiger partial charge in [0, 0.05) is 18.3 Å². The second-order valence-corrected chi connectivity index (χ2v) is 5.25. The van der Waals surface area contributed by atoms with Gasteiger partial charge < -0.3 is 10.1 Å². The molecule has 0 aliphatic heterocycles. The van der Waals surface area contributed by atoms with Crippen molar-refractivity contribution in [2.75, 3.05) is 32.1 Å². The molecule has 7 nitrogen and oxygen atoms in total. The number of hydrogen-bond donors (Lipinski definition) is 1. The Labute approximate surface area is 140 Å². The Bertz CT molecular complexity index is 691. The first-order chi connectivity index (χ1) is 11.5. The molecule has 1 N–H and O–H groups in total. The van der Waals surface area contributed by atoms with Crippen molar-refractivity contribution in [2.45, 2.75) is 0 Å². The van der Waals surface area contributed by atoms with Crippen LogP contribution in [-0.2, 0) is 4.79 Å². The minimum atomic E-state index is -0.465. The van der Waals surface area contributed by atoms with Crippen LogP contribution in [0.25, 0.3) is 0 Å². The van der Waals surface area contributed by atoms with Crippen LogP contribution >= 0.6 is 0 Å². The maximum Gasteiger partial charge on any atom is 0.273 e. The van der Waals surface area contributed by atoms with Crippen molar-refractivity contribution in [1.82, 2.24) is 4.90 Å². The van der Waals surface area contributed by atoms with Gasteiger partial charge in [-0.15, -0.1) is 0 Å². The molecular formula is C17H19N3O4. The molecule has 0 atom stereocenters. The van der Waals surface area contributed by atoms with E-state index in [9.17, 15) is 14.9 Å². The van der Waals surface area contributed by atoms with E-state index in [1.54, 1.807) is 19.2 Å². The molecule has 0 bridgehead atoms. The average Bonchev–Trinajstić information content (AvgIpc) is 2.56. The lowest BCUT2D eigenvalue weighted by Crippen LogP contribution is -2.33. The molecule has 0 heterocycles. The molecule has 24 heavy (non-hydrogen) atoms. The van der Waals surface area contributed by atoms with Crippen LogP contribution in [0, 0.1) is 10.1 Å². The summed E-state index contributed by atoms with van der Waals surface area (Å²) in [6.45, 7) is 1.08. The highest BCUT2D eigenvalue weighted by atomic mass is 16.6.